The summed E-state index contributed by atoms with van der Waals surface area (Å²) in [5.41, 5.74) is 0. The molecule has 0 saturated heterocycles. The molecule has 0 radical (unpaired) electrons. The van der Waals surface area contributed by atoms with Gasteiger partial charge < -0.3 is 10.4 Å². The molecule has 1 fully saturated rings. The number of nitrogens with one attached hydrogen (secondary N) is 1. The molecule has 0 amide bonds. The van der Waals surface area contributed by atoms with Gasteiger partial charge in [-0.3, -0.25) is 0 Å². The molecule has 3 unspecified atom stereocenters. The van der Waals surface area contributed by atoms with Crippen LogP contribution in [0.25, 0.3) is 0 Å². The number of aliphatic hydroxyl groups excluding tert-OH is 1. The Morgan fingerprint density at radius 3 is 2.47 bits per heavy atom. The van der Waals surface area contributed by atoms with Crippen LogP contribution in [0.1, 0.15) is 59.3 Å². The monoisotopic (exact) mass is 213 g/mol. The largest absolute Gasteiger partial charge is 0.392 e. The second kappa shape index (κ2) is 6.49. The molecule has 2 nitrogen and oxygen atoms in total. The second-order valence-electron chi connectivity index (χ2n) is 5.51. The third kappa shape index (κ3) is 4.98. The SMILES string of the molecule is CC(C)CC(C)NC1CCCCCC1O. The summed E-state index contributed by atoms with van der Waals surface area (Å²) in [5, 5.41) is 13.6. The lowest BCUT2D eigenvalue weighted by Gasteiger charge is -2.26. The Morgan fingerprint density at radius 2 is 1.80 bits per heavy atom. The lowest BCUT2D eigenvalue weighted by molar-refractivity contribution is 0.113. The van der Waals surface area contributed by atoms with Gasteiger partial charge in [0.05, 0.1) is 6.10 Å². The molecule has 90 valence electrons. The van der Waals surface area contributed by atoms with Gasteiger partial charge in [0, 0.05) is 12.1 Å². The molecule has 1 aliphatic rings. The predicted octanol–water partition coefficient (Wildman–Crippen LogP) is 2.70. The molecular formula is C13H27NO. The van der Waals surface area contributed by atoms with Crippen LogP contribution < -0.4 is 5.32 Å². The lowest BCUT2D eigenvalue weighted by atomic mass is 10.0. The smallest absolute Gasteiger partial charge is 0.0693 e. The van der Waals surface area contributed by atoms with Crippen LogP contribution in [0.15, 0.2) is 0 Å². The highest BCUT2D eigenvalue weighted by Gasteiger charge is 2.22. The van der Waals surface area contributed by atoms with Gasteiger partial charge in [0.2, 0.25) is 0 Å². The first-order valence-electron chi connectivity index (χ1n) is 6.53. The summed E-state index contributed by atoms with van der Waals surface area (Å²) in [7, 11) is 0. The standard InChI is InChI=1S/C13H27NO/c1-10(2)9-11(3)14-12-7-5-4-6-8-13(12)15/h10-15H,4-9H2,1-3H3. The van der Waals surface area contributed by atoms with Gasteiger partial charge in [0.1, 0.15) is 0 Å². The van der Waals surface area contributed by atoms with Crippen molar-refractivity contribution in [3.8, 4) is 0 Å². The number of aliphatic hydroxyl groups is 1. The molecular weight excluding hydrogens is 186 g/mol. The zero-order valence-corrected chi connectivity index (χ0v) is 10.5. The van der Waals surface area contributed by atoms with Crippen molar-refractivity contribution in [2.45, 2.75) is 77.5 Å². The molecule has 1 saturated carbocycles. The third-order valence-electron chi connectivity index (χ3n) is 3.30. The molecule has 2 heteroatoms. The minimum absolute atomic E-state index is 0.123. The van der Waals surface area contributed by atoms with E-state index in [0.717, 1.165) is 18.8 Å². The average Bonchev–Trinajstić information content (AvgIpc) is 2.30. The van der Waals surface area contributed by atoms with E-state index in [9.17, 15) is 5.11 Å². The highest BCUT2D eigenvalue weighted by molar-refractivity contribution is 4.81. The van der Waals surface area contributed by atoms with Gasteiger partial charge in [0.25, 0.3) is 0 Å². The maximum Gasteiger partial charge on any atom is 0.0693 e. The molecule has 0 aliphatic heterocycles. The fraction of sp³-hybridized carbons (Fsp3) is 1.00. The molecule has 0 bridgehead atoms. The molecule has 3 atom stereocenters. The summed E-state index contributed by atoms with van der Waals surface area (Å²) in [6.45, 7) is 6.74. The normalized spacial score (nSPS) is 30.2. The molecule has 15 heavy (non-hydrogen) atoms. The first-order valence-corrected chi connectivity index (χ1v) is 6.53. The Bertz CT molecular complexity index is 170. The van der Waals surface area contributed by atoms with Gasteiger partial charge in [0.15, 0.2) is 0 Å². The fourth-order valence-electron chi connectivity index (χ4n) is 2.62. The van der Waals surface area contributed by atoms with E-state index in [1.165, 1.54) is 25.7 Å². The van der Waals surface area contributed by atoms with E-state index in [1.54, 1.807) is 0 Å². The summed E-state index contributed by atoms with van der Waals surface area (Å²) in [6.07, 6.45) is 6.94. The van der Waals surface area contributed by atoms with Crippen molar-refractivity contribution in [3.05, 3.63) is 0 Å². The maximum atomic E-state index is 9.97. The molecule has 0 aromatic heterocycles. The van der Waals surface area contributed by atoms with Crippen LogP contribution in [-0.2, 0) is 0 Å². The Hall–Kier alpha value is -0.0800. The highest BCUT2D eigenvalue weighted by Crippen LogP contribution is 2.19. The first kappa shape index (κ1) is 13.0. The van der Waals surface area contributed by atoms with Gasteiger partial charge in [-0.15, -0.1) is 0 Å². The van der Waals surface area contributed by atoms with Crippen LogP contribution in [0.3, 0.4) is 0 Å². The van der Waals surface area contributed by atoms with Crippen LogP contribution in [0.2, 0.25) is 0 Å². The topological polar surface area (TPSA) is 32.3 Å². The van der Waals surface area contributed by atoms with E-state index < -0.39 is 0 Å². The molecule has 0 heterocycles. The van der Waals surface area contributed by atoms with Crippen LogP contribution >= 0.6 is 0 Å². The summed E-state index contributed by atoms with van der Waals surface area (Å²) in [5.74, 6) is 0.732. The zero-order valence-electron chi connectivity index (χ0n) is 10.5. The molecule has 0 aromatic rings. The van der Waals surface area contributed by atoms with Crippen LogP contribution in [-0.4, -0.2) is 23.3 Å². The average molecular weight is 213 g/mol. The van der Waals surface area contributed by atoms with Crippen molar-refractivity contribution < 1.29 is 5.11 Å². The number of hydrogen-bond donors (Lipinski definition) is 2. The number of rotatable bonds is 4. The van der Waals surface area contributed by atoms with Crippen LogP contribution in [0, 0.1) is 5.92 Å². The summed E-state index contributed by atoms with van der Waals surface area (Å²) >= 11 is 0. The van der Waals surface area contributed by atoms with E-state index in [1.807, 2.05) is 0 Å². The van der Waals surface area contributed by atoms with E-state index >= 15 is 0 Å². The minimum Gasteiger partial charge on any atom is -0.392 e. The quantitative estimate of drug-likeness (QED) is 0.704. The van der Waals surface area contributed by atoms with Gasteiger partial charge in [-0.1, -0.05) is 33.1 Å². The Labute approximate surface area is 94.5 Å². The zero-order chi connectivity index (χ0) is 11.3. The van der Waals surface area contributed by atoms with Crippen molar-refractivity contribution in [3.63, 3.8) is 0 Å². The second-order valence-corrected chi connectivity index (χ2v) is 5.51. The Balaban J connectivity index is 2.33. The summed E-state index contributed by atoms with van der Waals surface area (Å²) in [6, 6.07) is 0.865. The molecule has 1 rings (SSSR count). The fourth-order valence-corrected chi connectivity index (χ4v) is 2.62. The van der Waals surface area contributed by atoms with Gasteiger partial charge in [-0.2, -0.15) is 0 Å². The summed E-state index contributed by atoms with van der Waals surface area (Å²) in [4.78, 5) is 0. The van der Waals surface area contributed by atoms with Crippen LogP contribution in [0.4, 0.5) is 0 Å². The molecule has 2 N–H and O–H groups in total. The van der Waals surface area contributed by atoms with E-state index in [0.29, 0.717) is 12.1 Å². The maximum absolute atomic E-state index is 9.97. The first-order chi connectivity index (χ1) is 7.09. The molecule has 1 aliphatic carbocycles. The molecule has 0 aromatic carbocycles. The van der Waals surface area contributed by atoms with E-state index in [-0.39, 0.29) is 6.10 Å². The van der Waals surface area contributed by atoms with Gasteiger partial charge in [-0.05, 0) is 32.1 Å². The minimum atomic E-state index is -0.123. The van der Waals surface area contributed by atoms with Gasteiger partial charge >= 0.3 is 0 Å². The Morgan fingerprint density at radius 1 is 1.13 bits per heavy atom. The molecule has 0 spiro atoms. The third-order valence-corrected chi connectivity index (χ3v) is 3.30. The van der Waals surface area contributed by atoms with Crippen molar-refractivity contribution >= 4 is 0 Å². The Kier molecular flexibility index (Phi) is 5.62. The lowest BCUT2D eigenvalue weighted by Crippen LogP contribution is -2.44. The highest BCUT2D eigenvalue weighted by atomic mass is 16.3. The predicted molar refractivity (Wildman–Crippen MR) is 64.9 cm³/mol. The van der Waals surface area contributed by atoms with Crippen molar-refractivity contribution in [1.82, 2.24) is 5.32 Å². The number of hydrogen-bond acceptors (Lipinski definition) is 2. The van der Waals surface area contributed by atoms with E-state index in [4.69, 9.17) is 0 Å². The summed E-state index contributed by atoms with van der Waals surface area (Å²) < 4.78 is 0. The van der Waals surface area contributed by atoms with Gasteiger partial charge in [-0.25, -0.2) is 0 Å². The van der Waals surface area contributed by atoms with Crippen molar-refractivity contribution in [1.29, 1.82) is 0 Å². The van der Waals surface area contributed by atoms with Crippen molar-refractivity contribution in [2.75, 3.05) is 0 Å². The van der Waals surface area contributed by atoms with Crippen molar-refractivity contribution in [2.24, 2.45) is 5.92 Å². The van der Waals surface area contributed by atoms with E-state index in [2.05, 4.69) is 26.1 Å². The van der Waals surface area contributed by atoms with Crippen LogP contribution in [0.5, 0.6) is 0 Å².